The second-order valence-corrected chi connectivity index (χ2v) is 6.26. The van der Waals surface area contributed by atoms with E-state index in [4.69, 9.17) is 0 Å². The summed E-state index contributed by atoms with van der Waals surface area (Å²) in [6, 6.07) is 11.0. The van der Waals surface area contributed by atoms with E-state index in [2.05, 4.69) is 50.4 Å². The van der Waals surface area contributed by atoms with E-state index < -0.39 is 0 Å². The van der Waals surface area contributed by atoms with Crippen LogP contribution in [0.15, 0.2) is 30.3 Å². The largest absolute Gasteiger partial charge is 0.339 e. The molecular weight excluding hydrogens is 248 g/mol. The normalized spacial score (nSPS) is 15.2. The predicted molar refractivity (Wildman–Crippen MR) is 82.7 cm³/mol. The van der Waals surface area contributed by atoms with Gasteiger partial charge in [0, 0.05) is 24.5 Å². The molecule has 1 N–H and O–H groups in total. The van der Waals surface area contributed by atoms with Gasteiger partial charge in [-0.3, -0.25) is 4.79 Å². The second kappa shape index (κ2) is 6.40. The number of nitrogens with one attached hydrogen (secondary N) is 1. The molecule has 0 aliphatic heterocycles. The monoisotopic (exact) mass is 274 g/mol. The van der Waals surface area contributed by atoms with Crippen LogP contribution in [0.1, 0.15) is 39.2 Å². The van der Waals surface area contributed by atoms with E-state index in [1.54, 1.807) is 0 Å². The average Bonchev–Trinajstić information content (AvgIpc) is 3.25. The van der Waals surface area contributed by atoms with E-state index in [1.807, 2.05) is 11.0 Å². The number of hydrogen-bond donors (Lipinski definition) is 1. The van der Waals surface area contributed by atoms with E-state index in [0.717, 1.165) is 13.1 Å². The topological polar surface area (TPSA) is 32.3 Å². The molecule has 1 saturated carbocycles. The summed E-state index contributed by atoms with van der Waals surface area (Å²) in [7, 11) is 0. The molecule has 1 aliphatic carbocycles. The number of likely N-dealkylation sites (N-methyl/N-ethyl adjacent to an activating group) is 1. The van der Waals surface area contributed by atoms with Gasteiger partial charge in [-0.15, -0.1) is 0 Å². The van der Waals surface area contributed by atoms with Crippen molar-refractivity contribution in [2.24, 2.45) is 0 Å². The van der Waals surface area contributed by atoms with Gasteiger partial charge >= 0.3 is 0 Å². The molecule has 0 heterocycles. The van der Waals surface area contributed by atoms with E-state index in [9.17, 15) is 4.79 Å². The van der Waals surface area contributed by atoms with Crippen molar-refractivity contribution in [2.75, 3.05) is 19.6 Å². The van der Waals surface area contributed by atoms with Crippen molar-refractivity contribution >= 4 is 5.91 Å². The smallest absolute Gasteiger partial charge is 0.236 e. The average molecular weight is 274 g/mol. The van der Waals surface area contributed by atoms with Crippen LogP contribution in [0.3, 0.4) is 0 Å². The highest BCUT2D eigenvalue weighted by Gasteiger charge is 2.31. The van der Waals surface area contributed by atoms with Gasteiger partial charge in [0.05, 0.1) is 6.54 Å². The Hall–Kier alpha value is -1.35. The molecule has 3 heteroatoms. The SMILES string of the molecule is CCN(C(=O)CNCC(C)(C)c1ccccc1)C1CC1. The fraction of sp³-hybridized carbons (Fsp3) is 0.588. The summed E-state index contributed by atoms with van der Waals surface area (Å²) in [5, 5.41) is 3.33. The molecule has 110 valence electrons. The van der Waals surface area contributed by atoms with E-state index >= 15 is 0 Å². The quantitative estimate of drug-likeness (QED) is 0.829. The third kappa shape index (κ3) is 3.83. The maximum Gasteiger partial charge on any atom is 0.236 e. The molecule has 0 spiro atoms. The van der Waals surface area contributed by atoms with Crippen LogP contribution in [0.5, 0.6) is 0 Å². The molecule has 1 aliphatic rings. The summed E-state index contributed by atoms with van der Waals surface area (Å²) in [6.45, 7) is 8.56. The van der Waals surface area contributed by atoms with Gasteiger partial charge in [0.15, 0.2) is 0 Å². The molecule has 0 atom stereocenters. The van der Waals surface area contributed by atoms with Crippen molar-refractivity contribution in [3.05, 3.63) is 35.9 Å². The zero-order valence-corrected chi connectivity index (χ0v) is 12.9. The Balaban J connectivity index is 1.81. The van der Waals surface area contributed by atoms with Gasteiger partial charge in [-0.2, -0.15) is 0 Å². The first-order valence-corrected chi connectivity index (χ1v) is 7.60. The minimum atomic E-state index is 0.0398. The predicted octanol–water partition coefficient (Wildman–Crippen LogP) is 2.56. The Morgan fingerprint density at radius 3 is 2.50 bits per heavy atom. The molecule has 0 saturated heterocycles. The standard InChI is InChI=1S/C17H26N2O/c1-4-19(15-10-11-15)16(20)12-18-13-17(2,3)14-8-6-5-7-9-14/h5-9,15,18H,4,10-13H2,1-3H3. The minimum Gasteiger partial charge on any atom is -0.339 e. The lowest BCUT2D eigenvalue weighted by Crippen LogP contribution is -2.42. The van der Waals surface area contributed by atoms with Crippen LogP contribution in [-0.2, 0) is 10.2 Å². The van der Waals surface area contributed by atoms with Gasteiger partial charge < -0.3 is 10.2 Å². The molecule has 20 heavy (non-hydrogen) atoms. The highest BCUT2D eigenvalue weighted by atomic mass is 16.2. The molecule has 0 bridgehead atoms. The summed E-state index contributed by atoms with van der Waals surface area (Å²) in [5.74, 6) is 0.235. The lowest BCUT2D eigenvalue weighted by molar-refractivity contribution is -0.130. The molecule has 1 aromatic carbocycles. The first-order chi connectivity index (χ1) is 9.54. The molecule has 0 unspecified atom stereocenters. The zero-order valence-electron chi connectivity index (χ0n) is 12.9. The first kappa shape index (κ1) is 15.0. The van der Waals surface area contributed by atoms with Crippen LogP contribution >= 0.6 is 0 Å². The van der Waals surface area contributed by atoms with E-state index in [1.165, 1.54) is 18.4 Å². The highest BCUT2D eigenvalue weighted by molar-refractivity contribution is 5.78. The van der Waals surface area contributed by atoms with Gasteiger partial charge in [0.1, 0.15) is 0 Å². The van der Waals surface area contributed by atoms with Crippen molar-refractivity contribution in [2.45, 2.75) is 45.1 Å². The van der Waals surface area contributed by atoms with Crippen LogP contribution in [0.25, 0.3) is 0 Å². The van der Waals surface area contributed by atoms with Crippen molar-refractivity contribution in [1.82, 2.24) is 10.2 Å². The van der Waals surface area contributed by atoms with E-state index in [-0.39, 0.29) is 11.3 Å². The Bertz CT molecular complexity index is 438. The fourth-order valence-corrected chi connectivity index (χ4v) is 2.60. The minimum absolute atomic E-state index is 0.0398. The zero-order chi connectivity index (χ0) is 14.6. The molecule has 1 fully saturated rings. The number of carbonyl (C=O) groups excluding carboxylic acids is 1. The van der Waals surface area contributed by atoms with Gasteiger partial charge in [0.25, 0.3) is 0 Å². The Kier molecular flexibility index (Phi) is 4.81. The van der Waals surface area contributed by atoms with Gasteiger partial charge in [-0.25, -0.2) is 0 Å². The van der Waals surface area contributed by atoms with Gasteiger partial charge in [-0.1, -0.05) is 44.2 Å². The maximum absolute atomic E-state index is 12.1. The Morgan fingerprint density at radius 1 is 1.30 bits per heavy atom. The summed E-state index contributed by atoms with van der Waals surface area (Å²) < 4.78 is 0. The molecule has 3 nitrogen and oxygen atoms in total. The number of carbonyl (C=O) groups is 1. The third-order valence-electron chi connectivity index (χ3n) is 4.05. The summed E-state index contributed by atoms with van der Waals surface area (Å²) in [5.41, 5.74) is 1.34. The van der Waals surface area contributed by atoms with Crippen LogP contribution in [0.4, 0.5) is 0 Å². The molecular formula is C17H26N2O. The molecule has 2 rings (SSSR count). The third-order valence-corrected chi connectivity index (χ3v) is 4.05. The number of amides is 1. The number of rotatable bonds is 7. The summed E-state index contributed by atoms with van der Waals surface area (Å²) in [4.78, 5) is 14.1. The number of hydrogen-bond acceptors (Lipinski definition) is 2. The Morgan fingerprint density at radius 2 is 1.95 bits per heavy atom. The van der Waals surface area contributed by atoms with Crippen LogP contribution in [0, 0.1) is 0 Å². The van der Waals surface area contributed by atoms with Crippen molar-refractivity contribution in [3.63, 3.8) is 0 Å². The number of nitrogens with zero attached hydrogens (tertiary/aromatic N) is 1. The van der Waals surface area contributed by atoms with Gasteiger partial charge in [0.2, 0.25) is 5.91 Å². The molecule has 1 aromatic rings. The Labute approximate surface area is 122 Å². The molecule has 0 radical (unpaired) electrons. The van der Waals surface area contributed by atoms with Crippen molar-refractivity contribution in [3.8, 4) is 0 Å². The van der Waals surface area contributed by atoms with Crippen molar-refractivity contribution in [1.29, 1.82) is 0 Å². The first-order valence-electron chi connectivity index (χ1n) is 7.60. The van der Waals surface area contributed by atoms with Gasteiger partial charge in [-0.05, 0) is 25.3 Å². The maximum atomic E-state index is 12.1. The second-order valence-electron chi connectivity index (χ2n) is 6.26. The number of benzene rings is 1. The summed E-state index contributed by atoms with van der Waals surface area (Å²) >= 11 is 0. The van der Waals surface area contributed by atoms with E-state index in [0.29, 0.717) is 12.6 Å². The van der Waals surface area contributed by atoms with Crippen LogP contribution < -0.4 is 5.32 Å². The molecule has 1 amide bonds. The van der Waals surface area contributed by atoms with Crippen molar-refractivity contribution < 1.29 is 4.79 Å². The fourth-order valence-electron chi connectivity index (χ4n) is 2.60. The van der Waals surface area contributed by atoms with Crippen LogP contribution in [-0.4, -0.2) is 36.5 Å². The lowest BCUT2D eigenvalue weighted by Gasteiger charge is -2.27. The lowest BCUT2D eigenvalue weighted by atomic mass is 9.84. The summed E-state index contributed by atoms with van der Waals surface area (Å²) in [6.07, 6.45) is 2.35. The molecule has 0 aromatic heterocycles. The highest BCUT2D eigenvalue weighted by Crippen LogP contribution is 2.26. The van der Waals surface area contributed by atoms with Crippen LogP contribution in [0.2, 0.25) is 0 Å².